The lowest BCUT2D eigenvalue weighted by Crippen LogP contribution is -2.30. The minimum absolute atomic E-state index is 0.167. The molecule has 0 aromatic carbocycles. The molecule has 1 unspecified atom stereocenters. The van der Waals surface area contributed by atoms with Gasteiger partial charge in [-0.25, -0.2) is 9.78 Å². The third-order valence-electron chi connectivity index (χ3n) is 3.03. The molecule has 0 spiro atoms. The average molecular weight is 251 g/mol. The van der Waals surface area contributed by atoms with Crippen LogP contribution in [-0.2, 0) is 0 Å². The highest BCUT2D eigenvalue weighted by molar-refractivity contribution is 5.94. The molecule has 0 bridgehead atoms. The highest BCUT2D eigenvalue weighted by Crippen LogP contribution is 2.21. The second kappa shape index (κ2) is 6.23. The number of hydrogen-bond donors (Lipinski definition) is 2. The molecule has 1 heterocycles. The van der Waals surface area contributed by atoms with Crippen LogP contribution in [0.2, 0.25) is 0 Å². The number of carboxylic acids is 1. The van der Waals surface area contributed by atoms with E-state index in [1.165, 1.54) is 12.3 Å². The summed E-state index contributed by atoms with van der Waals surface area (Å²) in [6.45, 7) is 7.77. The van der Waals surface area contributed by atoms with Crippen LogP contribution >= 0.6 is 0 Å². The summed E-state index contributed by atoms with van der Waals surface area (Å²) in [4.78, 5) is 17.4. The molecule has 1 aromatic heterocycles. The predicted molar refractivity (Wildman–Crippen MR) is 73.0 cm³/mol. The van der Waals surface area contributed by atoms with Crippen LogP contribution in [0.1, 0.15) is 37.6 Å². The Balaban J connectivity index is 3.08. The number of aromatic carboxylic acids is 1. The van der Waals surface area contributed by atoms with E-state index in [9.17, 15) is 9.90 Å². The van der Waals surface area contributed by atoms with Gasteiger partial charge in [-0.05, 0) is 18.9 Å². The molecule has 0 aliphatic rings. The maximum atomic E-state index is 11.2. The molecule has 18 heavy (non-hydrogen) atoms. The zero-order valence-electron chi connectivity index (χ0n) is 11.2. The van der Waals surface area contributed by atoms with Gasteiger partial charge in [0.1, 0.15) is 11.4 Å². The molecule has 5 heteroatoms. The molecule has 5 nitrogen and oxygen atoms in total. The number of carboxylic acid groups (broad SMARTS) is 1. The quantitative estimate of drug-likeness (QED) is 0.810. The SMILES string of the molecule is CCC(C)CN(CC)c1ncc(N)cc1C(=O)O. The van der Waals surface area contributed by atoms with Crippen molar-refractivity contribution in [1.82, 2.24) is 4.98 Å². The monoisotopic (exact) mass is 251 g/mol. The van der Waals surface area contributed by atoms with Crippen molar-refractivity contribution in [2.24, 2.45) is 5.92 Å². The highest BCUT2D eigenvalue weighted by atomic mass is 16.4. The third-order valence-corrected chi connectivity index (χ3v) is 3.03. The predicted octanol–water partition coefficient (Wildman–Crippen LogP) is 2.23. The molecule has 1 atom stereocenters. The molecule has 0 saturated heterocycles. The third kappa shape index (κ3) is 3.35. The molecule has 100 valence electrons. The molecule has 1 rings (SSSR count). The Labute approximate surface area is 108 Å². The van der Waals surface area contributed by atoms with Crippen molar-refractivity contribution in [3.05, 3.63) is 17.8 Å². The summed E-state index contributed by atoms with van der Waals surface area (Å²) >= 11 is 0. The highest BCUT2D eigenvalue weighted by Gasteiger charge is 2.18. The lowest BCUT2D eigenvalue weighted by Gasteiger charge is -2.26. The van der Waals surface area contributed by atoms with Gasteiger partial charge in [-0.3, -0.25) is 0 Å². The summed E-state index contributed by atoms with van der Waals surface area (Å²) in [5.74, 6) is -0.00199. The molecule has 0 aliphatic carbocycles. The van der Waals surface area contributed by atoms with E-state index in [2.05, 4.69) is 18.8 Å². The number of pyridine rings is 1. The van der Waals surface area contributed by atoms with Gasteiger partial charge in [-0.15, -0.1) is 0 Å². The van der Waals surface area contributed by atoms with Crippen molar-refractivity contribution in [2.75, 3.05) is 23.7 Å². The fraction of sp³-hybridized carbons (Fsp3) is 0.538. The largest absolute Gasteiger partial charge is 0.478 e. The van der Waals surface area contributed by atoms with Crippen molar-refractivity contribution in [2.45, 2.75) is 27.2 Å². The van der Waals surface area contributed by atoms with Gasteiger partial charge in [-0.1, -0.05) is 20.3 Å². The van der Waals surface area contributed by atoms with Crippen LogP contribution in [0.25, 0.3) is 0 Å². The van der Waals surface area contributed by atoms with Crippen molar-refractivity contribution in [1.29, 1.82) is 0 Å². The van der Waals surface area contributed by atoms with E-state index in [1.54, 1.807) is 0 Å². The first-order valence-corrected chi connectivity index (χ1v) is 6.23. The molecule has 0 amide bonds. The Hall–Kier alpha value is -1.78. The standard InChI is InChI=1S/C13H21N3O2/c1-4-9(3)8-16(5-2)12-11(13(17)18)6-10(14)7-15-12/h6-7,9H,4-5,8,14H2,1-3H3,(H,17,18). The van der Waals surface area contributed by atoms with Crippen LogP contribution in [0.3, 0.4) is 0 Å². The van der Waals surface area contributed by atoms with E-state index in [0.717, 1.165) is 19.5 Å². The van der Waals surface area contributed by atoms with Crippen LogP contribution in [0.4, 0.5) is 11.5 Å². The van der Waals surface area contributed by atoms with Gasteiger partial charge < -0.3 is 15.7 Å². The molecular weight excluding hydrogens is 230 g/mol. The van der Waals surface area contributed by atoms with Crippen LogP contribution in [0, 0.1) is 5.92 Å². The first-order valence-electron chi connectivity index (χ1n) is 6.23. The average Bonchev–Trinajstić information content (AvgIpc) is 2.35. The van der Waals surface area contributed by atoms with Crippen molar-refractivity contribution >= 4 is 17.5 Å². The molecule has 0 radical (unpaired) electrons. The number of rotatable bonds is 6. The second-order valence-corrected chi connectivity index (χ2v) is 4.50. The van der Waals surface area contributed by atoms with Crippen LogP contribution in [0.15, 0.2) is 12.3 Å². The molecule has 3 N–H and O–H groups in total. The second-order valence-electron chi connectivity index (χ2n) is 4.50. The lowest BCUT2D eigenvalue weighted by atomic mass is 10.1. The minimum atomic E-state index is -0.993. The Morgan fingerprint density at radius 2 is 2.22 bits per heavy atom. The van der Waals surface area contributed by atoms with Gasteiger partial charge in [0, 0.05) is 13.1 Å². The Kier molecular flexibility index (Phi) is 4.95. The van der Waals surface area contributed by atoms with Gasteiger partial charge in [0.25, 0.3) is 0 Å². The summed E-state index contributed by atoms with van der Waals surface area (Å²) in [5.41, 5.74) is 6.13. The Morgan fingerprint density at radius 1 is 1.56 bits per heavy atom. The van der Waals surface area contributed by atoms with Gasteiger partial charge in [0.2, 0.25) is 0 Å². The van der Waals surface area contributed by atoms with Gasteiger partial charge in [0.15, 0.2) is 0 Å². The van der Waals surface area contributed by atoms with Crippen molar-refractivity contribution in [3.63, 3.8) is 0 Å². The number of nitrogen functional groups attached to an aromatic ring is 1. The first-order chi connectivity index (χ1) is 8.49. The minimum Gasteiger partial charge on any atom is -0.478 e. The van der Waals surface area contributed by atoms with E-state index in [-0.39, 0.29) is 5.56 Å². The molecule has 0 aliphatic heterocycles. The van der Waals surface area contributed by atoms with Gasteiger partial charge >= 0.3 is 5.97 Å². The Morgan fingerprint density at radius 3 is 2.72 bits per heavy atom. The summed E-state index contributed by atoms with van der Waals surface area (Å²) in [7, 11) is 0. The van der Waals surface area contributed by atoms with Crippen LogP contribution in [-0.4, -0.2) is 29.1 Å². The molecule has 1 aromatic rings. The first kappa shape index (κ1) is 14.3. The number of nitrogens with zero attached hydrogens (tertiary/aromatic N) is 2. The normalized spacial score (nSPS) is 12.2. The van der Waals surface area contributed by atoms with Crippen LogP contribution in [0.5, 0.6) is 0 Å². The number of aromatic nitrogens is 1. The van der Waals surface area contributed by atoms with E-state index < -0.39 is 5.97 Å². The Bertz CT molecular complexity index is 421. The topological polar surface area (TPSA) is 79.5 Å². The summed E-state index contributed by atoms with van der Waals surface area (Å²) in [6, 6.07) is 1.46. The fourth-order valence-corrected chi connectivity index (χ4v) is 1.75. The van der Waals surface area contributed by atoms with Crippen LogP contribution < -0.4 is 10.6 Å². The van der Waals surface area contributed by atoms with Gasteiger partial charge in [0.05, 0.1) is 11.9 Å². The number of anilines is 2. The van der Waals surface area contributed by atoms with Crippen molar-refractivity contribution < 1.29 is 9.90 Å². The maximum absolute atomic E-state index is 11.2. The summed E-state index contributed by atoms with van der Waals surface area (Å²) in [5, 5.41) is 9.20. The molecule has 0 saturated carbocycles. The van der Waals surface area contributed by atoms with E-state index in [0.29, 0.717) is 17.4 Å². The number of hydrogen-bond acceptors (Lipinski definition) is 4. The summed E-state index contributed by atoms with van der Waals surface area (Å²) < 4.78 is 0. The fourth-order valence-electron chi connectivity index (χ4n) is 1.75. The summed E-state index contributed by atoms with van der Waals surface area (Å²) in [6.07, 6.45) is 2.55. The number of carbonyl (C=O) groups is 1. The zero-order valence-corrected chi connectivity index (χ0v) is 11.2. The molecular formula is C13H21N3O2. The van der Waals surface area contributed by atoms with E-state index in [4.69, 9.17) is 5.73 Å². The lowest BCUT2D eigenvalue weighted by molar-refractivity contribution is 0.0697. The van der Waals surface area contributed by atoms with E-state index >= 15 is 0 Å². The number of nitrogens with two attached hydrogens (primary N) is 1. The van der Waals surface area contributed by atoms with E-state index in [1.807, 2.05) is 11.8 Å². The maximum Gasteiger partial charge on any atom is 0.339 e. The van der Waals surface area contributed by atoms with Crippen molar-refractivity contribution in [3.8, 4) is 0 Å². The molecule has 0 fully saturated rings. The zero-order chi connectivity index (χ0) is 13.7. The smallest absolute Gasteiger partial charge is 0.339 e. The van der Waals surface area contributed by atoms with Gasteiger partial charge in [-0.2, -0.15) is 0 Å².